The number of fused-ring (bicyclic) bond motifs is 2. The Morgan fingerprint density at radius 2 is 1.89 bits per heavy atom. The van der Waals surface area contributed by atoms with Crippen LogP contribution in [0.5, 0.6) is 11.5 Å². The van der Waals surface area contributed by atoms with Gasteiger partial charge in [0.2, 0.25) is 5.82 Å². The van der Waals surface area contributed by atoms with Crippen LogP contribution in [0.1, 0.15) is 11.1 Å². The molecule has 0 saturated carbocycles. The van der Waals surface area contributed by atoms with Gasteiger partial charge in [-0.05, 0) is 66.6 Å². The van der Waals surface area contributed by atoms with Crippen LogP contribution in [-0.4, -0.2) is 35.5 Å². The van der Waals surface area contributed by atoms with Gasteiger partial charge >= 0.3 is 0 Å². The Hall–Kier alpha value is -6.03. The van der Waals surface area contributed by atoms with Crippen LogP contribution in [0.2, 0.25) is 0 Å². The van der Waals surface area contributed by atoms with E-state index >= 15 is 0 Å². The van der Waals surface area contributed by atoms with Gasteiger partial charge < -0.3 is 19.2 Å². The summed E-state index contributed by atoms with van der Waals surface area (Å²) in [4.78, 5) is 30.9. The van der Waals surface area contributed by atoms with Crippen LogP contribution >= 0.6 is 0 Å². The predicted octanol–water partition coefficient (Wildman–Crippen LogP) is 6.59. The number of benzene rings is 4. The maximum atomic E-state index is 13.7. The molecular formula is C35H27FN4O5. The van der Waals surface area contributed by atoms with Gasteiger partial charge in [-0.15, -0.1) is 6.58 Å². The summed E-state index contributed by atoms with van der Waals surface area (Å²) in [5, 5.41) is 8.42. The van der Waals surface area contributed by atoms with Crippen LogP contribution in [0.25, 0.3) is 33.5 Å². The first-order valence-corrected chi connectivity index (χ1v) is 14.0. The Bertz CT molecular complexity index is 2120. The number of furan rings is 1. The normalized spacial score (nSPS) is 11.2. The summed E-state index contributed by atoms with van der Waals surface area (Å²) < 4.78 is 32.2. The molecule has 4 aromatic carbocycles. The van der Waals surface area contributed by atoms with Crippen molar-refractivity contribution in [1.29, 1.82) is 0 Å². The van der Waals surface area contributed by atoms with Crippen molar-refractivity contribution in [3.8, 4) is 23.1 Å². The first kappa shape index (κ1) is 29.1. The fraction of sp³-hybridized carbons (Fsp3) is 0.0857. The Kier molecular flexibility index (Phi) is 8.19. The van der Waals surface area contributed by atoms with Crippen molar-refractivity contribution in [2.75, 3.05) is 19.0 Å². The molecule has 2 aromatic heterocycles. The van der Waals surface area contributed by atoms with Crippen molar-refractivity contribution in [3.63, 3.8) is 0 Å². The molecule has 0 aliphatic rings. The number of methoxy groups -OCH3 is 1. The van der Waals surface area contributed by atoms with E-state index in [0.717, 1.165) is 5.39 Å². The van der Waals surface area contributed by atoms with Crippen molar-refractivity contribution in [2.24, 2.45) is 5.10 Å². The minimum absolute atomic E-state index is 0.244. The average molecular weight is 603 g/mol. The van der Waals surface area contributed by atoms with E-state index in [1.54, 1.807) is 42.5 Å². The molecule has 2 heterocycles. The number of carbonyl (C=O) groups is 1. The lowest BCUT2D eigenvalue weighted by molar-refractivity contribution is -0.118. The van der Waals surface area contributed by atoms with Gasteiger partial charge in [0.25, 0.3) is 11.5 Å². The third-order valence-corrected chi connectivity index (χ3v) is 6.92. The molecule has 6 rings (SSSR count). The first-order chi connectivity index (χ1) is 21.9. The molecule has 0 fully saturated rings. The van der Waals surface area contributed by atoms with E-state index in [4.69, 9.17) is 18.9 Å². The van der Waals surface area contributed by atoms with E-state index in [1.165, 1.54) is 36.2 Å². The van der Waals surface area contributed by atoms with Gasteiger partial charge in [0.15, 0.2) is 23.9 Å². The van der Waals surface area contributed by atoms with Gasteiger partial charge in [0.05, 0.1) is 24.2 Å². The SMILES string of the molecule is C=CCc1cc(C=Nn2c(-c3cc4ccccc4o3)nc3ccccc3c2=O)cc(OC)c1OCC(=O)Nc1cccc(F)c1. The number of nitrogens with zero attached hydrogens (tertiary/aromatic N) is 3. The number of carbonyl (C=O) groups excluding carboxylic acids is 1. The number of rotatable bonds is 10. The zero-order valence-corrected chi connectivity index (χ0v) is 24.2. The number of ether oxygens (including phenoxy) is 2. The molecule has 0 aliphatic heterocycles. The molecule has 0 unspecified atom stereocenters. The number of halogens is 1. The van der Waals surface area contributed by atoms with E-state index in [1.807, 2.05) is 36.4 Å². The van der Waals surface area contributed by atoms with Crippen LogP contribution < -0.4 is 20.3 Å². The van der Waals surface area contributed by atoms with Gasteiger partial charge in [0, 0.05) is 16.6 Å². The molecule has 0 saturated heterocycles. The maximum Gasteiger partial charge on any atom is 0.282 e. The summed E-state index contributed by atoms with van der Waals surface area (Å²) in [5.41, 5.74) is 2.39. The van der Waals surface area contributed by atoms with Gasteiger partial charge in [0.1, 0.15) is 11.4 Å². The second-order valence-corrected chi connectivity index (χ2v) is 10.0. The lowest BCUT2D eigenvalue weighted by Gasteiger charge is -2.16. The Labute approximate surface area is 256 Å². The van der Waals surface area contributed by atoms with Crippen LogP contribution in [0, 0.1) is 5.82 Å². The standard InChI is InChI=1S/C35H27FN4O5/c1-3-9-24-16-22(17-30(43-2)33(24)44-21-32(41)38-26-12-8-11-25(36)19-26)20-37-40-34(31-18-23-10-4-7-15-29(23)45-31)39-28-14-6-5-13-27(28)35(40)42/h3-8,10-20H,1,9,21H2,2H3,(H,38,41). The number of amides is 1. The second-order valence-electron chi connectivity index (χ2n) is 10.0. The largest absolute Gasteiger partial charge is 0.493 e. The van der Waals surface area contributed by atoms with Crippen LogP contribution in [0.15, 0.2) is 118 Å². The molecule has 45 heavy (non-hydrogen) atoms. The highest BCUT2D eigenvalue weighted by Crippen LogP contribution is 2.33. The average Bonchev–Trinajstić information content (AvgIpc) is 3.48. The number of aromatic nitrogens is 2. The fourth-order valence-electron chi connectivity index (χ4n) is 4.89. The molecule has 0 radical (unpaired) electrons. The molecule has 224 valence electrons. The molecule has 1 amide bonds. The summed E-state index contributed by atoms with van der Waals surface area (Å²) in [5.74, 6) is 0.383. The van der Waals surface area contributed by atoms with Gasteiger partial charge in [-0.25, -0.2) is 9.37 Å². The number of anilines is 1. The van der Waals surface area contributed by atoms with Crippen molar-refractivity contribution >= 4 is 39.7 Å². The summed E-state index contributed by atoms with van der Waals surface area (Å²) >= 11 is 0. The first-order valence-electron chi connectivity index (χ1n) is 14.0. The summed E-state index contributed by atoms with van der Waals surface area (Å²) in [7, 11) is 1.48. The minimum atomic E-state index is -0.473. The lowest BCUT2D eigenvalue weighted by Crippen LogP contribution is -2.21. The quantitative estimate of drug-likeness (QED) is 0.140. The smallest absolute Gasteiger partial charge is 0.282 e. The molecule has 10 heteroatoms. The predicted molar refractivity (Wildman–Crippen MR) is 172 cm³/mol. The molecule has 0 spiro atoms. The Morgan fingerprint density at radius 1 is 1.07 bits per heavy atom. The Balaban J connectivity index is 1.35. The highest BCUT2D eigenvalue weighted by molar-refractivity contribution is 5.92. The van der Waals surface area contributed by atoms with E-state index in [-0.39, 0.29) is 18.0 Å². The molecule has 6 aromatic rings. The third kappa shape index (κ3) is 6.21. The van der Waals surface area contributed by atoms with Gasteiger partial charge in [-0.3, -0.25) is 9.59 Å². The lowest BCUT2D eigenvalue weighted by atomic mass is 10.1. The van der Waals surface area contributed by atoms with E-state index < -0.39 is 11.7 Å². The Morgan fingerprint density at radius 3 is 2.69 bits per heavy atom. The van der Waals surface area contributed by atoms with E-state index in [0.29, 0.717) is 57.0 Å². The summed E-state index contributed by atoms with van der Waals surface area (Å²) in [6, 6.07) is 25.4. The molecule has 9 nitrogen and oxygen atoms in total. The summed E-state index contributed by atoms with van der Waals surface area (Å²) in [6.07, 6.45) is 3.59. The topological polar surface area (TPSA) is 108 Å². The molecule has 0 aliphatic carbocycles. The van der Waals surface area contributed by atoms with Crippen molar-refractivity contribution in [3.05, 3.63) is 131 Å². The maximum absolute atomic E-state index is 13.7. The van der Waals surface area contributed by atoms with Crippen LogP contribution in [0.4, 0.5) is 10.1 Å². The molecule has 0 atom stereocenters. The molecule has 0 bridgehead atoms. The monoisotopic (exact) mass is 602 g/mol. The number of nitrogens with one attached hydrogen (secondary N) is 1. The minimum Gasteiger partial charge on any atom is -0.493 e. The summed E-state index contributed by atoms with van der Waals surface area (Å²) in [6.45, 7) is 3.49. The molecule has 1 N–H and O–H groups in total. The number of hydrogen-bond acceptors (Lipinski definition) is 7. The van der Waals surface area contributed by atoms with Crippen LogP contribution in [-0.2, 0) is 11.2 Å². The van der Waals surface area contributed by atoms with Crippen LogP contribution in [0.3, 0.4) is 0 Å². The van der Waals surface area contributed by atoms with Gasteiger partial charge in [-0.1, -0.05) is 42.5 Å². The van der Waals surface area contributed by atoms with E-state index in [9.17, 15) is 14.0 Å². The van der Waals surface area contributed by atoms with Crippen molar-refractivity contribution < 1.29 is 23.1 Å². The van der Waals surface area contributed by atoms with Crippen molar-refractivity contribution in [2.45, 2.75) is 6.42 Å². The highest BCUT2D eigenvalue weighted by atomic mass is 19.1. The van der Waals surface area contributed by atoms with E-state index in [2.05, 4.69) is 17.0 Å². The molecular weight excluding hydrogens is 575 g/mol. The van der Waals surface area contributed by atoms with Gasteiger partial charge in [-0.2, -0.15) is 9.78 Å². The van der Waals surface area contributed by atoms with Crippen molar-refractivity contribution in [1.82, 2.24) is 9.66 Å². The zero-order valence-electron chi connectivity index (χ0n) is 24.2. The number of hydrogen-bond donors (Lipinski definition) is 1. The number of para-hydroxylation sites is 2. The number of allylic oxidation sites excluding steroid dienone is 1. The third-order valence-electron chi connectivity index (χ3n) is 6.92. The fourth-order valence-corrected chi connectivity index (χ4v) is 4.89. The second kappa shape index (κ2) is 12.7. The highest BCUT2D eigenvalue weighted by Gasteiger charge is 2.18. The zero-order chi connectivity index (χ0) is 31.3.